The monoisotopic (exact) mass is 147 g/mol. The molecule has 0 rings (SSSR count). The summed E-state index contributed by atoms with van der Waals surface area (Å²) in [6, 6.07) is 0. The Morgan fingerprint density at radius 1 is 1.40 bits per heavy atom. The molecule has 0 aliphatic rings. The predicted octanol–water partition coefficient (Wildman–Crippen LogP) is -1.32. The van der Waals surface area contributed by atoms with Gasteiger partial charge in [0.1, 0.15) is 0 Å². The molecule has 4 nitrogen and oxygen atoms in total. The molecule has 0 saturated carbocycles. The lowest BCUT2D eigenvalue weighted by molar-refractivity contribution is -0.135. The molecule has 0 heterocycles. The van der Waals surface area contributed by atoms with Crippen LogP contribution in [0.2, 0.25) is 0 Å². The van der Waals surface area contributed by atoms with Crippen molar-refractivity contribution in [2.24, 2.45) is 5.92 Å². The lowest BCUT2D eigenvalue weighted by Gasteiger charge is -2.15. The molecule has 0 radical (unpaired) electrons. The minimum atomic E-state index is -0.657. The predicted molar refractivity (Wildman–Crippen MR) is 36.4 cm³/mol. The van der Waals surface area contributed by atoms with Gasteiger partial charge in [-0.1, -0.05) is 0 Å². The number of carbonyl (C=O) groups is 1. The molecule has 0 unspecified atom stereocenters. The highest BCUT2D eigenvalue weighted by Crippen LogP contribution is 1.96. The number of carbonyl (C=O) groups excluding carboxylic acids is 1. The van der Waals surface area contributed by atoms with Gasteiger partial charge in [0.15, 0.2) is 0 Å². The number of amides is 1. The van der Waals surface area contributed by atoms with Gasteiger partial charge in [0.25, 0.3) is 0 Å². The van der Waals surface area contributed by atoms with Gasteiger partial charge in [0.2, 0.25) is 5.91 Å². The van der Waals surface area contributed by atoms with E-state index in [-0.39, 0.29) is 19.1 Å². The van der Waals surface area contributed by atoms with Gasteiger partial charge in [-0.3, -0.25) is 4.79 Å². The van der Waals surface area contributed by atoms with Crippen LogP contribution in [-0.2, 0) is 4.79 Å². The fourth-order valence-corrected chi connectivity index (χ4v) is 0.579. The number of aliphatic hydroxyl groups excluding tert-OH is 2. The Hall–Kier alpha value is -0.610. The maximum absolute atomic E-state index is 10.9. The van der Waals surface area contributed by atoms with Crippen molar-refractivity contribution >= 4 is 5.91 Å². The van der Waals surface area contributed by atoms with Crippen molar-refractivity contribution in [3.05, 3.63) is 0 Å². The minimum Gasteiger partial charge on any atom is -0.395 e. The van der Waals surface area contributed by atoms with Gasteiger partial charge in [-0.2, -0.15) is 0 Å². The molecule has 0 spiro atoms. The number of rotatable bonds is 3. The summed E-state index contributed by atoms with van der Waals surface area (Å²) in [6.07, 6.45) is 0. The van der Waals surface area contributed by atoms with Crippen LogP contribution in [0.25, 0.3) is 0 Å². The first kappa shape index (κ1) is 9.39. The van der Waals surface area contributed by atoms with E-state index in [2.05, 4.69) is 0 Å². The smallest absolute Gasteiger partial charge is 0.229 e. The largest absolute Gasteiger partial charge is 0.395 e. The maximum Gasteiger partial charge on any atom is 0.229 e. The van der Waals surface area contributed by atoms with E-state index in [1.54, 1.807) is 14.1 Å². The molecule has 0 aromatic heterocycles. The molecule has 0 saturated heterocycles. The van der Waals surface area contributed by atoms with Crippen molar-refractivity contribution in [3.8, 4) is 0 Å². The molecule has 0 aliphatic heterocycles. The highest BCUT2D eigenvalue weighted by atomic mass is 16.3. The number of hydrogen-bond donors (Lipinski definition) is 2. The summed E-state index contributed by atoms with van der Waals surface area (Å²) in [7, 11) is 3.17. The quantitative estimate of drug-likeness (QED) is 0.520. The normalized spacial score (nSPS) is 10.1. The summed E-state index contributed by atoms with van der Waals surface area (Å²) >= 11 is 0. The second kappa shape index (κ2) is 4.24. The topological polar surface area (TPSA) is 60.8 Å². The van der Waals surface area contributed by atoms with Crippen molar-refractivity contribution in [1.82, 2.24) is 4.90 Å². The van der Waals surface area contributed by atoms with Gasteiger partial charge in [-0.05, 0) is 0 Å². The van der Waals surface area contributed by atoms with E-state index in [0.717, 1.165) is 0 Å². The van der Waals surface area contributed by atoms with E-state index < -0.39 is 5.92 Å². The van der Waals surface area contributed by atoms with Gasteiger partial charge < -0.3 is 15.1 Å². The molecule has 0 aromatic carbocycles. The first-order valence-corrected chi connectivity index (χ1v) is 3.06. The van der Waals surface area contributed by atoms with Gasteiger partial charge in [-0.25, -0.2) is 0 Å². The van der Waals surface area contributed by atoms with Crippen molar-refractivity contribution in [2.45, 2.75) is 0 Å². The zero-order chi connectivity index (χ0) is 8.15. The van der Waals surface area contributed by atoms with Crippen molar-refractivity contribution in [2.75, 3.05) is 27.3 Å². The molecular weight excluding hydrogens is 134 g/mol. The van der Waals surface area contributed by atoms with Gasteiger partial charge in [-0.15, -0.1) is 0 Å². The van der Waals surface area contributed by atoms with Crippen LogP contribution < -0.4 is 0 Å². The number of hydrogen-bond acceptors (Lipinski definition) is 3. The minimum absolute atomic E-state index is 0.245. The molecule has 4 heteroatoms. The fourth-order valence-electron chi connectivity index (χ4n) is 0.579. The molecule has 2 N–H and O–H groups in total. The first-order chi connectivity index (χ1) is 4.63. The molecule has 1 amide bonds. The van der Waals surface area contributed by atoms with E-state index in [1.165, 1.54) is 4.90 Å². The van der Waals surface area contributed by atoms with Crippen LogP contribution in [0.5, 0.6) is 0 Å². The van der Waals surface area contributed by atoms with Crippen LogP contribution in [0.1, 0.15) is 0 Å². The lowest BCUT2D eigenvalue weighted by Crippen LogP contribution is -2.33. The summed E-state index contributed by atoms with van der Waals surface area (Å²) in [5.74, 6) is -0.903. The number of aliphatic hydroxyl groups is 2. The van der Waals surface area contributed by atoms with Crippen LogP contribution in [-0.4, -0.2) is 48.3 Å². The Morgan fingerprint density at radius 2 is 1.80 bits per heavy atom. The summed E-state index contributed by atoms with van der Waals surface area (Å²) < 4.78 is 0. The Morgan fingerprint density at radius 3 is 1.90 bits per heavy atom. The molecule has 0 aliphatic carbocycles. The van der Waals surface area contributed by atoms with Crippen LogP contribution in [0, 0.1) is 5.92 Å². The molecule has 0 bridgehead atoms. The highest BCUT2D eigenvalue weighted by Gasteiger charge is 2.17. The van der Waals surface area contributed by atoms with E-state index in [9.17, 15) is 4.79 Å². The Labute approximate surface area is 60.1 Å². The number of nitrogens with zero attached hydrogens (tertiary/aromatic N) is 1. The lowest BCUT2D eigenvalue weighted by atomic mass is 10.1. The second-order valence-corrected chi connectivity index (χ2v) is 2.29. The van der Waals surface area contributed by atoms with E-state index >= 15 is 0 Å². The molecule has 10 heavy (non-hydrogen) atoms. The third kappa shape index (κ3) is 2.33. The van der Waals surface area contributed by atoms with E-state index in [0.29, 0.717) is 0 Å². The second-order valence-electron chi connectivity index (χ2n) is 2.29. The first-order valence-electron chi connectivity index (χ1n) is 3.06. The summed E-state index contributed by atoms with van der Waals surface area (Å²) in [6.45, 7) is -0.596. The average Bonchev–Trinajstić information content (AvgIpc) is 1.90. The summed E-state index contributed by atoms with van der Waals surface area (Å²) in [5.41, 5.74) is 0. The van der Waals surface area contributed by atoms with Gasteiger partial charge in [0.05, 0.1) is 19.1 Å². The van der Waals surface area contributed by atoms with Crippen molar-refractivity contribution in [1.29, 1.82) is 0 Å². The van der Waals surface area contributed by atoms with E-state index in [1.807, 2.05) is 0 Å². The third-order valence-electron chi connectivity index (χ3n) is 1.23. The van der Waals surface area contributed by atoms with Crippen LogP contribution >= 0.6 is 0 Å². The molecular formula is C6H13NO3. The Balaban J connectivity index is 3.89. The standard InChI is InChI=1S/C6H13NO3/c1-7(2)6(10)5(3-8)4-9/h5,8-9H,3-4H2,1-2H3. The average molecular weight is 147 g/mol. The molecule has 60 valence electrons. The van der Waals surface area contributed by atoms with Crippen LogP contribution in [0.3, 0.4) is 0 Å². The molecule has 0 aromatic rings. The molecule has 0 fully saturated rings. The zero-order valence-corrected chi connectivity index (χ0v) is 6.24. The third-order valence-corrected chi connectivity index (χ3v) is 1.23. The zero-order valence-electron chi connectivity index (χ0n) is 6.24. The van der Waals surface area contributed by atoms with Crippen LogP contribution in [0.15, 0.2) is 0 Å². The fraction of sp³-hybridized carbons (Fsp3) is 0.833. The van der Waals surface area contributed by atoms with Gasteiger partial charge in [0, 0.05) is 14.1 Å². The maximum atomic E-state index is 10.9. The van der Waals surface area contributed by atoms with E-state index in [4.69, 9.17) is 10.2 Å². The Bertz CT molecular complexity index is 110. The highest BCUT2D eigenvalue weighted by molar-refractivity contribution is 5.78. The Kier molecular flexibility index (Phi) is 3.99. The van der Waals surface area contributed by atoms with Crippen molar-refractivity contribution in [3.63, 3.8) is 0 Å². The summed E-state index contributed by atoms with van der Waals surface area (Å²) in [5, 5.41) is 17.1. The van der Waals surface area contributed by atoms with Crippen molar-refractivity contribution < 1.29 is 15.0 Å². The SMILES string of the molecule is CN(C)C(=O)C(CO)CO. The van der Waals surface area contributed by atoms with Crippen LogP contribution in [0.4, 0.5) is 0 Å². The summed E-state index contributed by atoms with van der Waals surface area (Å²) in [4.78, 5) is 12.3. The van der Waals surface area contributed by atoms with Gasteiger partial charge >= 0.3 is 0 Å². The molecule has 0 atom stereocenters.